The molecule has 122 valence electrons. The number of sulfone groups is 1. The topological polar surface area (TPSA) is 101 Å². The highest BCUT2D eigenvalue weighted by Crippen LogP contribution is 2.23. The highest BCUT2D eigenvalue weighted by molar-refractivity contribution is 7.91. The van der Waals surface area contributed by atoms with Gasteiger partial charge in [-0.25, -0.2) is 23.2 Å². The molecule has 0 radical (unpaired) electrons. The number of hydrogen-bond acceptors (Lipinski definition) is 5. The van der Waals surface area contributed by atoms with Crippen molar-refractivity contribution in [2.24, 2.45) is 0 Å². The first-order chi connectivity index (χ1) is 10.4. The van der Waals surface area contributed by atoms with Gasteiger partial charge in [0.2, 0.25) is 0 Å². The van der Waals surface area contributed by atoms with Gasteiger partial charge >= 0.3 is 6.03 Å². The molecule has 7 nitrogen and oxygen atoms in total. The lowest BCUT2D eigenvalue weighted by molar-refractivity contribution is 0.232. The van der Waals surface area contributed by atoms with Crippen LogP contribution in [0.2, 0.25) is 0 Å². The standard InChI is InChI=1S/C14H22N4O3S/c1-10-15-8-7-11(17-10)9-16-14(19)18-12-5-3-4-6-13(12)22(2,20)21/h7-8,12-13H,3-6,9H2,1-2H3,(H2,16,18,19)/t12-,13-/m1/s1. The molecule has 22 heavy (non-hydrogen) atoms. The molecule has 0 saturated heterocycles. The van der Waals surface area contributed by atoms with E-state index in [1.54, 1.807) is 19.2 Å². The number of amides is 2. The maximum Gasteiger partial charge on any atom is 0.315 e. The summed E-state index contributed by atoms with van der Waals surface area (Å²) in [4.78, 5) is 20.2. The Balaban J connectivity index is 1.90. The van der Waals surface area contributed by atoms with Crippen LogP contribution < -0.4 is 10.6 Å². The monoisotopic (exact) mass is 326 g/mol. The molecule has 0 unspecified atom stereocenters. The largest absolute Gasteiger partial charge is 0.334 e. The SMILES string of the molecule is Cc1nccc(CNC(=O)N[C@@H]2CCCC[C@H]2S(C)(=O)=O)n1. The van der Waals surface area contributed by atoms with Gasteiger partial charge in [0.05, 0.1) is 17.5 Å². The van der Waals surface area contributed by atoms with Crippen LogP contribution in [0.5, 0.6) is 0 Å². The summed E-state index contributed by atoms with van der Waals surface area (Å²) in [7, 11) is -3.16. The number of aryl methyl sites for hydroxylation is 1. The molecule has 1 aromatic heterocycles. The van der Waals surface area contributed by atoms with Gasteiger partial charge < -0.3 is 10.6 Å². The van der Waals surface area contributed by atoms with Crippen LogP contribution in [0.1, 0.15) is 37.2 Å². The Labute approximate surface area is 130 Å². The smallest absolute Gasteiger partial charge is 0.315 e. The quantitative estimate of drug-likeness (QED) is 0.857. The lowest BCUT2D eigenvalue weighted by atomic mass is 9.95. The Kier molecular flexibility index (Phi) is 5.33. The molecular formula is C14H22N4O3S. The van der Waals surface area contributed by atoms with E-state index in [9.17, 15) is 13.2 Å². The Hall–Kier alpha value is -1.70. The maximum atomic E-state index is 12.0. The number of urea groups is 1. The van der Waals surface area contributed by atoms with Crippen LogP contribution in [0.4, 0.5) is 4.79 Å². The lowest BCUT2D eigenvalue weighted by Gasteiger charge is -2.30. The highest BCUT2D eigenvalue weighted by Gasteiger charge is 2.33. The van der Waals surface area contributed by atoms with Crippen LogP contribution >= 0.6 is 0 Å². The van der Waals surface area contributed by atoms with E-state index in [0.29, 0.717) is 24.4 Å². The summed E-state index contributed by atoms with van der Waals surface area (Å²) in [6.45, 7) is 2.06. The summed E-state index contributed by atoms with van der Waals surface area (Å²) in [5.41, 5.74) is 0.714. The fourth-order valence-corrected chi connectivity index (χ4v) is 4.16. The molecule has 1 saturated carbocycles. The van der Waals surface area contributed by atoms with Crippen molar-refractivity contribution in [2.75, 3.05) is 6.26 Å². The normalized spacial score (nSPS) is 22.1. The summed E-state index contributed by atoms with van der Waals surface area (Å²) in [6, 6.07) is 1.04. The molecule has 1 aliphatic rings. The molecule has 1 heterocycles. The minimum absolute atomic E-state index is 0.283. The lowest BCUT2D eigenvalue weighted by Crippen LogP contribution is -2.51. The molecule has 0 aliphatic heterocycles. The van der Waals surface area contributed by atoms with E-state index in [2.05, 4.69) is 20.6 Å². The first kappa shape index (κ1) is 16.7. The summed E-state index contributed by atoms with van der Waals surface area (Å²) in [5.74, 6) is 0.643. The number of carbonyl (C=O) groups excluding carboxylic acids is 1. The van der Waals surface area contributed by atoms with Crippen LogP contribution in [0.15, 0.2) is 12.3 Å². The van der Waals surface area contributed by atoms with Crippen LogP contribution in [0, 0.1) is 6.92 Å². The second kappa shape index (κ2) is 7.04. The molecule has 1 aromatic rings. The van der Waals surface area contributed by atoms with Gasteiger partial charge in [0.15, 0.2) is 9.84 Å². The minimum atomic E-state index is -3.16. The third kappa shape index (κ3) is 4.66. The van der Waals surface area contributed by atoms with Crippen molar-refractivity contribution >= 4 is 15.9 Å². The fourth-order valence-electron chi connectivity index (χ4n) is 2.77. The number of hydrogen-bond donors (Lipinski definition) is 2. The van der Waals surface area contributed by atoms with Crippen LogP contribution in [0.3, 0.4) is 0 Å². The van der Waals surface area contributed by atoms with Crippen molar-refractivity contribution in [1.82, 2.24) is 20.6 Å². The van der Waals surface area contributed by atoms with Crippen molar-refractivity contribution in [3.63, 3.8) is 0 Å². The van der Waals surface area contributed by atoms with E-state index in [4.69, 9.17) is 0 Å². The average molecular weight is 326 g/mol. The van der Waals surface area contributed by atoms with E-state index >= 15 is 0 Å². The molecule has 2 rings (SSSR count). The molecule has 2 amide bonds. The third-order valence-corrected chi connectivity index (χ3v) is 5.50. The van der Waals surface area contributed by atoms with Gasteiger partial charge in [0, 0.05) is 18.5 Å². The van der Waals surface area contributed by atoms with E-state index in [0.717, 1.165) is 12.8 Å². The summed E-state index contributed by atoms with van der Waals surface area (Å²) in [6.07, 6.45) is 5.99. The molecule has 0 aromatic carbocycles. The van der Waals surface area contributed by atoms with Crippen LogP contribution in [-0.2, 0) is 16.4 Å². The zero-order valence-electron chi connectivity index (χ0n) is 12.9. The first-order valence-electron chi connectivity index (χ1n) is 7.38. The van der Waals surface area contributed by atoms with Crippen LogP contribution in [0.25, 0.3) is 0 Å². The molecule has 2 atom stereocenters. The van der Waals surface area contributed by atoms with E-state index in [-0.39, 0.29) is 18.6 Å². The molecular weight excluding hydrogens is 304 g/mol. The number of carbonyl (C=O) groups is 1. The Morgan fingerprint density at radius 3 is 2.77 bits per heavy atom. The van der Waals surface area contributed by atoms with Gasteiger partial charge in [-0.15, -0.1) is 0 Å². The maximum absolute atomic E-state index is 12.0. The molecule has 2 N–H and O–H groups in total. The molecule has 1 fully saturated rings. The van der Waals surface area contributed by atoms with Gasteiger partial charge in [0.25, 0.3) is 0 Å². The summed E-state index contributed by atoms with van der Waals surface area (Å²) >= 11 is 0. The van der Waals surface area contributed by atoms with Gasteiger partial charge in [-0.1, -0.05) is 12.8 Å². The summed E-state index contributed by atoms with van der Waals surface area (Å²) < 4.78 is 23.6. The molecule has 8 heteroatoms. The van der Waals surface area contributed by atoms with Crippen molar-refractivity contribution in [3.05, 3.63) is 23.8 Å². The predicted molar refractivity (Wildman–Crippen MR) is 83.0 cm³/mol. The van der Waals surface area contributed by atoms with Gasteiger partial charge in [0.1, 0.15) is 5.82 Å². The second-order valence-corrected chi connectivity index (χ2v) is 7.95. The van der Waals surface area contributed by atoms with Gasteiger partial charge in [-0.2, -0.15) is 0 Å². The summed E-state index contributed by atoms with van der Waals surface area (Å²) in [5, 5.41) is 5.01. The zero-order chi connectivity index (χ0) is 16.2. The molecule has 1 aliphatic carbocycles. The number of nitrogens with one attached hydrogen (secondary N) is 2. The van der Waals surface area contributed by atoms with Crippen LogP contribution in [-0.4, -0.2) is 42.0 Å². The number of rotatable bonds is 4. The van der Waals surface area contributed by atoms with Gasteiger partial charge in [-0.3, -0.25) is 0 Å². The van der Waals surface area contributed by atoms with Crippen molar-refractivity contribution in [3.8, 4) is 0 Å². The minimum Gasteiger partial charge on any atom is -0.334 e. The fraction of sp³-hybridized carbons (Fsp3) is 0.643. The van der Waals surface area contributed by atoms with Gasteiger partial charge in [-0.05, 0) is 25.8 Å². The van der Waals surface area contributed by atoms with E-state index < -0.39 is 15.1 Å². The van der Waals surface area contributed by atoms with Crippen molar-refractivity contribution in [2.45, 2.75) is 50.4 Å². The van der Waals surface area contributed by atoms with Crippen molar-refractivity contribution < 1.29 is 13.2 Å². The Morgan fingerprint density at radius 2 is 2.09 bits per heavy atom. The second-order valence-electron chi connectivity index (χ2n) is 5.68. The van der Waals surface area contributed by atoms with E-state index in [1.165, 1.54) is 6.26 Å². The average Bonchev–Trinajstić information content (AvgIpc) is 2.45. The number of nitrogens with zero attached hydrogens (tertiary/aromatic N) is 2. The van der Waals surface area contributed by atoms with Crippen molar-refractivity contribution in [1.29, 1.82) is 0 Å². The zero-order valence-corrected chi connectivity index (χ0v) is 13.7. The Bertz CT molecular complexity index is 633. The third-order valence-electron chi connectivity index (χ3n) is 3.83. The molecule has 0 spiro atoms. The predicted octanol–water partition coefficient (Wildman–Crippen LogP) is 0.940. The highest BCUT2D eigenvalue weighted by atomic mass is 32.2. The first-order valence-corrected chi connectivity index (χ1v) is 9.33. The number of aromatic nitrogens is 2. The Morgan fingerprint density at radius 1 is 1.36 bits per heavy atom. The molecule has 0 bridgehead atoms. The van der Waals surface area contributed by atoms with E-state index in [1.807, 2.05) is 0 Å².